The van der Waals surface area contributed by atoms with Gasteiger partial charge in [0.15, 0.2) is 0 Å². The summed E-state index contributed by atoms with van der Waals surface area (Å²) in [6, 6.07) is 15.3. The number of benzene rings is 2. The number of ether oxygens (including phenoxy) is 1. The molecule has 1 N–H and O–H groups in total. The fourth-order valence-electron chi connectivity index (χ4n) is 3.14. The first-order chi connectivity index (χ1) is 13.6. The molecule has 2 aromatic rings. The molecule has 0 atom stereocenters. The fourth-order valence-corrected chi connectivity index (χ4v) is 3.81. The summed E-state index contributed by atoms with van der Waals surface area (Å²) in [6.45, 7) is 5.61. The van der Waals surface area contributed by atoms with Crippen LogP contribution < -0.4 is 10.1 Å². The van der Waals surface area contributed by atoms with Gasteiger partial charge in [-0.1, -0.05) is 23.7 Å². The summed E-state index contributed by atoms with van der Waals surface area (Å²) >= 11 is 7.52. The number of nitrogens with one attached hydrogen (secondary N) is 1. The maximum absolute atomic E-state index is 12.4. The van der Waals surface area contributed by atoms with Gasteiger partial charge in [-0.05, 0) is 42.7 Å². The van der Waals surface area contributed by atoms with Crippen molar-refractivity contribution < 1.29 is 9.53 Å². The zero-order valence-corrected chi connectivity index (χ0v) is 17.6. The Morgan fingerprint density at radius 3 is 2.46 bits per heavy atom. The van der Waals surface area contributed by atoms with E-state index in [9.17, 15) is 4.79 Å². The van der Waals surface area contributed by atoms with Crippen molar-refractivity contribution in [1.82, 2.24) is 9.80 Å². The number of piperazine rings is 1. The van der Waals surface area contributed by atoms with E-state index in [1.807, 2.05) is 54.8 Å². The predicted octanol–water partition coefficient (Wildman–Crippen LogP) is 3.70. The molecule has 3 rings (SSSR count). The number of rotatable bonds is 8. The van der Waals surface area contributed by atoms with Crippen LogP contribution in [-0.2, 0) is 4.79 Å². The molecule has 150 valence electrons. The van der Waals surface area contributed by atoms with Crippen molar-refractivity contribution in [3.63, 3.8) is 0 Å². The number of carbonyl (C=O) groups excluding carboxylic acids is 1. The Labute approximate surface area is 176 Å². The number of carbonyl (C=O) groups is 1. The summed E-state index contributed by atoms with van der Waals surface area (Å²) in [5.74, 6) is 0.881. The highest BCUT2D eigenvalue weighted by molar-refractivity contribution is 7.98. The molecule has 5 nitrogen and oxygen atoms in total. The van der Waals surface area contributed by atoms with Crippen molar-refractivity contribution >= 4 is 35.0 Å². The Morgan fingerprint density at radius 1 is 1.07 bits per heavy atom. The van der Waals surface area contributed by atoms with Gasteiger partial charge in [0.25, 0.3) is 0 Å². The normalized spacial score (nSPS) is 15.4. The van der Waals surface area contributed by atoms with Crippen molar-refractivity contribution in [2.24, 2.45) is 0 Å². The van der Waals surface area contributed by atoms with Gasteiger partial charge in [0.2, 0.25) is 5.91 Å². The molecule has 1 amide bonds. The first-order valence-electron chi connectivity index (χ1n) is 9.40. The highest BCUT2D eigenvalue weighted by Crippen LogP contribution is 2.24. The van der Waals surface area contributed by atoms with Crippen LogP contribution in [0.15, 0.2) is 53.4 Å². The van der Waals surface area contributed by atoms with Crippen LogP contribution in [0.5, 0.6) is 5.75 Å². The zero-order valence-electron chi connectivity index (χ0n) is 16.1. The lowest BCUT2D eigenvalue weighted by atomic mass is 10.3. The highest BCUT2D eigenvalue weighted by Gasteiger charge is 2.19. The van der Waals surface area contributed by atoms with Gasteiger partial charge < -0.3 is 10.1 Å². The molecule has 1 saturated heterocycles. The molecular weight excluding hydrogens is 394 g/mol. The summed E-state index contributed by atoms with van der Waals surface area (Å²) in [4.78, 5) is 18.0. The number of para-hydroxylation sites is 1. The van der Waals surface area contributed by atoms with Crippen LogP contribution in [-0.4, -0.2) is 67.8 Å². The summed E-state index contributed by atoms with van der Waals surface area (Å²) < 4.78 is 5.76. The van der Waals surface area contributed by atoms with Gasteiger partial charge in [0.05, 0.1) is 12.2 Å². The monoisotopic (exact) mass is 419 g/mol. The zero-order chi connectivity index (χ0) is 19.8. The van der Waals surface area contributed by atoms with E-state index in [1.54, 1.807) is 11.8 Å². The van der Waals surface area contributed by atoms with E-state index in [-0.39, 0.29) is 5.91 Å². The van der Waals surface area contributed by atoms with E-state index in [0.29, 0.717) is 18.2 Å². The molecule has 0 aromatic heterocycles. The van der Waals surface area contributed by atoms with E-state index in [2.05, 4.69) is 15.1 Å². The van der Waals surface area contributed by atoms with Crippen LogP contribution in [0.25, 0.3) is 0 Å². The van der Waals surface area contributed by atoms with Crippen LogP contribution in [0.3, 0.4) is 0 Å². The maximum Gasteiger partial charge on any atom is 0.238 e. The second-order valence-corrected chi connectivity index (χ2v) is 7.95. The molecule has 1 heterocycles. The lowest BCUT2D eigenvalue weighted by Gasteiger charge is -2.34. The largest absolute Gasteiger partial charge is 0.492 e. The Bertz CT molecular complexity index is 765. The average molecular weight is 420 g/mol. The molecule has 28 heavy (non-hydrogen) atoms. The summed E-state index contributed by atoms with van der Waals surface area (Å²) in [5.41, 5.74) is 0.887. The maximum atomic E-state index is 12.4. The summed E-state index contributed by atoms with van der Waals surface area (Å²) in [7, 11) is 0. The Balaban J connectivity index is 1.35. The van der Waals surface area contributed by atoms with Crippen molar-refractivity contribution in [2.75, 3.05) is 57.4 Å². The summed E-state index contributed by atoms with van der Waals surface area (Å²) in [6.07, 6.45) is 2.01. The molecule has 0 bridgehead atoms. The van der Waals surface area contributed by atoms with Gasteiger partial charge in [-0.15, -0.1) is 11.8 Å². The minimum atomic E-state index is 0.0426. The minimum Gasteiger partial charge on any atom is -0.492 e. The number of halogens is 1. The van der Waals surface area contributed by atoms with E-state index in [4.69, 9.17) is 16.3 Å². The summed E-state index contributed by atoms with van der Waals surface area (Å²) in [5, 5.41) is 3.74. The lowest BCUT2D eigenvalue weighted by molar-refractivity contribution is -0.117. The lowest BCUT2D eigenvalue weighted by Crippen LogP contribution is -2.49. The number of nitrogens with zero attached hydrogens (tertiary/aromatic N) is 2. The van der Waals surface area contributed by atoms with Gasteiger partial charge in [0.1, 0.15) is 12.4 Å². The number of amides is 1. The van der Waals surface area contributed by atoms with Gasteiger partial charge in [-0.2, -0.15) is 0 Å². The van der Waals surface area contributed by atoms with Crippen molar-refractivity contribution in [2.45, 2.75) is 4.90 Å². The fraction of sp³-hybridized carbons (Fsp3) is 0.381. The highest BCUT2D eigenvalue weighted by atomic mass is 35.5. The van der Waals surface area contributed by atoms with Gasteiger partial charge in [-0.25, -0.2) is 0 Å². The van der Waals surface area contributed by atoms with Gasteiger partial charge in [0, 0.05) is 42.6 Å². The number of anilines is 1. The molecule has 1 aliphatic rings. The molecule has 2 aromatic carbocycles. The molecule has 7 heteroatoms. The van der Waals surface area contributed by atoms with Crippen LogP contribution in [0.2, 0.25) is 5.02 Å². The van der Waals surface area contributed by atoms with Crippen molar-refractivity contribution in [1.29, 1.82) is 0 Å². The molecule has 1 aliphatic heterocycles. The first-order valence-corrected chi connectivity index (χ1v) is 11.0. The SMILES string of the molecule is CSc1ccccc1NC(=O)CN1CCN(CCOc2ccc(Cl)cc2)CC1. The van der Waals surface area contributed by atoms with Gasteiger partial charge in [-0.3, -0.25) is 14.6 Å². The average Bonchev–Trinajstić information content (AvgIpc) is 2.71. The third-order valence-electron chi connectivity index (χ3n) is 4.70. The predicted molar refractivity (Wildman–Crippen MR) is 117 cm³/mol. The van der Waals surface area contributed by atoms with Crippen LogP contribution in [0.4, 0.5) is 5.69 Å². The van der Waals surface area contributed by atoms with Crippen molar-refractivity contribution in [3.8, 4) is 5.75 Å². The van der Waals surface area contributed by atoms with Crippen molar-refractivity contribution in [3.05, 3.63) is 53.6 Å². The molecule has 0 saturated carbocycles. The number of hydrogen-bond donors (Lipinski definition) is 1. The molecular formula is C21H26ClN3O2S. The molecule has 0 aliphatic carbocycles. The third kappa shape index (κ3) is 6.41. The topological polar surface area (TPSA) is 44.8 Å². The Morgan fingerprint density at radius 2 is 1.75 bits per heavy atom. The molecule has 1 fully saturated rings. The van der Waals surface area contributed by atoms with Crippen LogP contribution in [0, 0.1) is 0 Å². The smallest absolute Gasteiger partial charge is 0.238 e. The van der Waals surface area contributed by atoms with E-state index < -0.39 is 0 Å². The molecule has 0 spiro atoms. The standard InChI is InChI=1S/C21H26ClN3O2S/c1-28-20-5-3-2-4-19(20)23-21(26)16-25-12-10-24(11-13-25)14-15-27-18-8-6-17(22)7-9-18/h2-9H,10-16H2,1H3,(H,23,26). The van der Waals surface area contributed by atoms with E-state index in [1.165, 1.54) is 0 Å². The minimum absolute atomic E-state index is 0.0426. The second kappa shape index (κ2) is 10.7. The van der Waals surface area contributed by atoms with E-state index in [0.717, 1.165) is 49.1 Å². The van der Waals surface area contributed by atoms with E-state index >= 15 is 0 Å². The number of thioether (sulfide) groups is 1. The van der Waals surface area contributed by atoms with Crippen LogP contribution in [0.1, 0.15) is 0 Å². The van der Waals surface area contributed by atoms with Gasteiger partial charge >= 0.3 is 0 Å². The number of hydrogen-bond acceptors (Lipinski definition) is 5. The quantitative estimate of drug-likeness (QED) is 0.661. The first kappa shape index (κ1) is 21.0. The Kier molecular flexibility index (Phi) is 8.03. The van der Waals surface area contributed by atoms with Crippen LogP contribution >= 0.6 is 23.4 Å². The third-order valence-corrected chi connectivity index (χ3v) is 5.75. The molecule has 0 unspecified atom stereocenters. The Hall–Kier alpha value is -1.73. The second-order valence-electron chi connectivity index (χ2n) is 6.67. The molecule has 0 radical (unpaired) electrons.